The molecule has 4 heteroatoms. The van der Waals surface area contributed by atoms with Crippen LogP contribution in [0.5, 0.6) is 0 Å². The monoisotopic (exact) mass is 286 g/mol. The average molecular weight is 286 g/mol. The molecule has 0 radical (unpaired) electrons. The molecule has 0 spiro atoms. The second-order valence-electron chi connectivity index (χ2n) is 5.06. The van der Waals surface area contributed by atoms with Gasteiger partial charge in [-0.05, 0) is 30.0 Å². The quantitative estimate of drug-likeness (QED) is 0.818. The van der Waals surface area contributed by atoms with Gasteiger partial charge in [0.25, 0.3) is 0 Å². The first-order chi connectivity index (χ1) is 10.1. The van der Waals surface area contributed by atoms with E-state index in [2.05, 4.69) is 17.1 Å². The lowest BCUT2D eigenvalue weighted by Crippen LogP contribution is -2.29. The molecule has 0 aliphatic carbocycles. The van der Waals surface area contributed by atoms with Crippen molar-refractivity contribution < 1.29 is 9.18 Å². The summed E-state index contributed by atoms with van der Waals surface area (Å²) < 4.78 is 13.0. The molecule has 0 atom stereocenters. The maximum absolute atomic E-state index is 13.0. The number of halogens is 1. The minimum Gasteiger partial charge on any atom is -0.345 e. The molecule has 1 aromatic heterocycles. The SMILES string of the molecule is CN(CCc1ccccc1)C(=O)CCc1cncc(F)c1. The number of aromatic nitrogens is 1. The lowest BCUT2D eigenvalue weighted by atomic mass is 10.1. The second-order valence-corrected chi connectivity index (χ2v) is 5.06. The number of aryl methyl sites for hydroxylation is 1. The van der Waals surface area contributed by atoms with Crippen LogP contribution in [0.4, 0.5) is 4.39 Å². The van der Waals surface area contributed by atoms with Gasteiger partial charge in [0.2, 0.25) is 5.91 Å². The molecule has 0 bridgehead atoms. The Kier molecular flexibility index (Phi) is 5.43. The van der Waals surface area contributed by atoms with Crippen LogP contribution in [0.15, 0.2) is 48.8 Å². The maximum atomic E-state index is 13.0. The fraction of sp³-hybridized carbons (Fsp3) is 0.294. The average Bonchev–Trinajstić information content (AvgIpc) is 2.51. The first-order valence-electron chi connectivity index (χ1n) is 7.02. The number of hydrogen-bond donors (Lipinski definition) is 0. The summed E-state index contributed by atoms with van der Waals surface area (Å²) in [6.07, 6.45) is 4.48. The van der Waals surface area contributed by atoms with E-state index in [0.29, 0.717) is 19.4 Å². The molecule has 2 rings (SSSR count). The Balaban J connectivity index is 1.77. The van der Waals surface area contributed by atoms with Gasteiger partial charge in [0.15, 0.2) is 0 Å². The van der Waals surface area contributed by atoms with Gasteiger partial charge in [-0.2, -0.15) is 0 Å². The molecule has 21 heavy (non-hydrogen) atoms. The number of carbonyl (C=O) groups excluding carboxylic acids is 1. The van der Waals surface area contributed by atoms with Gasteiger partial charge in [0.05, 0.1) is 6.20 Å². The molecular weight excluding hydrogens is 267 g/mol. The van der Waals surface area contributed by atoms with Crippen molar-refractivity contribution in [1.82, 2.24) is 9.88 Å². The molecule has 110 valence electrons. The van der Waals surface area contributed by atoms with Gasteiger partial charge in [-0.15, -0.1) is 0 Å². The van der Waals surface area contributed by atoms with Crippen molar-refractivity contribution in [2.24, 2.45) is 0 Å². The van der Waals surface area contributed by atoms with E-state index in [-0.39, 0.29) is 11.7 Å². The number of hydrogen-bond acceptors (Lipinski definition) is 2. The molecule has 1 amide bonds. The second kappa shape index (κ2) is 7.53. The largest absolute Gasteiger partial charge is 0.345 e. The summed E-state index contributed by atoms with van der Waals surface area (Å²) in [4.78, 5) is 17.5. The Bertz CT molecular complexity index is 586. The van der Waals surface area contributed by atoms with Crippen LogP contribution in [-0.2, 0) is 17.6 Å². The van der Waals surface area contributed by atoms with Crippen molar-refractivity contribution in [2.75, 3.05) is 13.6 Å². The number of benzene rings is 1. The van der Waals surface area contributed by atoms with Crippen LogP contribution in [-0.4, -0.2) is 29.4 Å². The van der Waals surface area contributed by atoms with Crippen LogP contribution in [0.3, 0.4) is 0 Å². The summed E-state index contributed by atoms with van der Waals surface area (Å²) in [5.74, 6) is -0.299. The first kappa shape index (κ1) is 15.2. The highest BCUT2D eigenvalue weighted by Gasteiger charge is 2.09. The van der Waals surface area contributed by atoms with Crippen LogP contribution >= 0.6 is 0 Å². The molecule has 0 fully saturated rings. The van der Waals surface area contributed by atoms with E-state index in [1.165, 1.54) is 11.6 Å². The molecule has 3 nitrogen and oxygen atoms in total. The molecule has 1 heterocycles. The van der Waals surface area contributed by atoms with Gasteiger partial charge >= 0.3 is 0 Å². The normalized spacial score (nSPS) is 10.4. The van der Waals surface area contributed by atoms with Crippen molar-refractivity contribution in [3.63, 3.8) is 0 Å². The number of rotatable bonds is 6. The van der Waals surface area contributed by atoms with E-state index in [0.717, 1.165) is 18.2 Å². The van der Waals surface area contributed by atoms with Gasteiger partial charge < -0.3 is 4.90 Å². The van der Waals surface area contributed by atoms with E-state index >= 15 is 0 Å². The first-order valence-corrected chi connectivity index (χ1v) is 7.02. The Morgan fingerprint density at radius 1 is 1.14 bits per heavy atom. The standard InChI is InChI=1S/C17H19FN2O/c1-20(10-9-14-5-3-2-4-6-14)17(21)8-7-15-11-16(18)13-19-12-15/h2-6,11-13H,7-10H2,1H3. The topological polar surface area (TPSA) is 33.2 Å². The van der Waals surface area contributed by atoms with Gasteiger partial charge in [-0.3, -0.25) is 9.78 Å². The van der Waals surface area contributed by atoms with Crippen molar-refractivity contribution in [2.45, 2.75) is 19.3 Å². The predicted octanol–water partition coefficient (Wildman–Crippen LogP) is 2.85. The Morgan fingerprint density at radius 3 is 2.62 bits per heavy atom. The zero-order valence-corrected chi connectivity index (χ0v) is 12.1. The molecule has 0 saturated carbocycles. The predicted molar refractivity (Wildman–Crippen MR) is 80.3 cm³/mol. The summed E-state index contributed by atoms with van der Waals surface area (Å²) in [5, 5.41) is 0. The zero-order valence-electron chi connectivity index (χ0n) is 12.1. The molecule has 2 aromatic rings. The van der Waals surface area contributed by atoms with E-state index in [9.17, 15) is 9.18 Å². The minimum atomic E-state index is -0.364. The molecule has 0 N–H and O–H groups in total. The van der Waals surface area contributed by atoms with E-state index < -0.39 is 0 Å². The van der Waals surface area contributed by atoms with E-state index in [1.807, 2.05) is 18.2 Å². The highest BCUT2D eigenvalue weighted by atomic mass is 19.1. The number of amides is 1. The fourth-order valence-corrected chi connectivity index (χ4v) is 2.10. The van der Waals surface area contributed by atoms with Crippen LogP contribution in [0.1, 0.15) is 17.5 Å². The third-order valence-electron chi connectivity index (χ3n) is 3.39. The third kappa shape index (κ3) is 4.99. The van der Waals surface area contributed by atoms with Crippen molar-refractivity contribution in [3.8, 4) is 0 Å². The van der Waals surface area contributed by atoms with Gasteiger partial charge in [0, 0.05) is 26.2 Å². The summed E-state index contributed by atoms with van der Waals surface area (Å²) in [7, 11) is 1.80. The summed E-state index contributed by atoms with van der Waals surface area (Å²) in [6, 6.07) is 11.5. The minimum absolute atomic E-state index is 0.0650. The van der Waals surface area contributed by atoms with Crippen LogP contribution < -0.4 is 0 Å². The Hall–Kier alpha value is -2.23. The highest BCUT2D eigenvalue weighted by molar-refractivity contribution is 5.76. The smallest absolute Gasteiger partial charge is 0.222 e. The lowest BCUT2D eigenvalue weighted by Gasteiger charge is -2.17. The van der Waals surface area contributed by atoms with E-state index in [1.54, 1.807) is 18.1 Å². The maximum Gasteiger partial charge on any atom is 0.222 e. The van der Waals surface area contributed by atoms with Crippen molar-refractivity contribution >= 4 is 5.91 Å². The van der Waals surface area contributed by atoms with E-state index in [4.69, 9.17) is 0 Å². The molecule has 0 unspecified atom stereocenters. The summed E-state index contributed by atoms with van der Waals surface area (Å²) in [6.45, 7) is 0.685. The van der Waals surface area contributed by atoms with Gasteiger partial charge in [-0.1, -0.05) is 30.3 Å². The number of pyridine rings is 1. The van der Waals surface area contributed by atoms with Gasteiger partial charge in [-0.25, -0.2) is 4.39 Å². The van der Waals surface area contributed by atoms with Crippen LogP contribution in [0.2, 0.25) is 0 Å². The van der Waals surface area contributed by atoms with Crippen LogP contribution in [0, 0.1) is 5.82 Å². The Labute approximate surface area is 124 Å². The molecule has 0 aliphatic heterocycles. The van der Waals surface area contributed by atoms with Gasteiger partial charge in [0.1, 0.15) is 5.82 Å². The lowest BCUT2D eigenvalue weighted by molar-refractivity contribution is -0.129. The summed E-state index contributed by atoms with van der Waals surface area (Å²) >= 11 is 0. The van der Waals surface area contributed by atoms with Crippen molar-refractivity contribution in [3.05, 3.63) is 65.7 Å². The number of carbonyl (C=O) groups is 1. The Morgan fingerprint density at radius 2 is 1.90 bits per heavy atom. The highest BCUT2D eigenvalue weighted by Crippen LogP contribution is 2.06. The summed E-state index contributed by atoms with van der Waals surface area (Å²) in [5.41, 5.74) is 1.96. The molecular formula is C17H19FN2O. The third-order valence-corrected chi connectivity index (χ3v) is 3.39. The molecule has 0 aliphatic rings. The van der Waals surface area contributed by atoms with Crippen LogP contribution in [0.25, 0.3) is 0 Å². The fourth-order valence-electron chi connectivity index (χ4n) is 2.10. The molecule has 0 saturated heterocycles. The molecule has 1 aromatic carbocycles. The zero-order chi connectivity index (χ0) is 15.1. The van der Waals surface area contributed by atoms with Crippen molar-refractivity contribution in [1.29, 1.82) is 0 Å². The number of nitrogens with zero attached hydrogens (tertiary/aromatic N) is 2. The number of likely N-dealkylation sites (N-methyl/N-ethyl adjacent to an activating group) is 1.